The number of amides is 1. The Hall–Kier alpha value is -5.71. The van der Waals surface area contributed by atoms with Crippen LogP contribution in [0, 0.1) is 0 Å². The van der Waals surface area contributed by atoms with E-state index in [4.69, 9.17) is 1.37 Å². The molecule has 7 nitrogen and oxygen atoms in total. The average molecular weight is 802 g/mol. The fourth-order valence-corrected chi connectivity index (χ4v) is 6.60. The fourth-order valence-electron chi connectivity index (χ4n) is 6.07. The molecule has 0 aliphatic rings. The van der Waals surface area contributed by atoms with Gasteiger partial charge in [-0.1, -0.05) is 129 Å². The third kappa shape index (κ3) is 6.75. The topological polar surface area (TPSA) is 84.2 Å². The van der Waals surface area contributed by atoms with Crippen molar-refractivity contribution in [2.75, 3.05) is 12.6 Å². The highest BCUT2D eigenvalue weighted by molar-refractivity contribution is 9.10. The number of hydrogen-bond donors (Lipinski definition) is 2. The summed E-state index contributed by atoms with van der Waals surface area (Å²) in [6, 6.07) is 48.1. The van der Waals surface area contributed by atoms with E-state index in [9.17, 15) is 9.18 Å². The Morgan fingerprint density at radius 1 is 0.647 bits per heavy atom. The smallest absolute Gasteiger partial charge is 0.269 e. The van der Waals surface area contributed by atoms with Crippen LogP contribution in [0.15, 0.2) is 155 Å². The van der Waals surface area contributed by atoms with Crippen molar-refractivity contribution in [2.45, 2.75) is 0 Å². The van der Waals surface area contributed by atoms with E-state index in [-0.39, 0.29) is 5.91 Å². The number of anilines is 1. The number of carbonyl (C=O) groups is 1. The number of rotatable bonds is 4. The summed E-state index contributed by atoms with van der Waals surface area (Å²) in [5, 5.41) is 15.7. The Labute approximate surface area is 310 Å². The number of benzene rings is 6. The Bertz CT molecular complexity index is 2690. The van der Waals surface area contributed by atoms with Crippen molar-refractivity contribution < 1.29 is 10.6 Å². The van der Waals surface area contributed by atoms with Gasteiger partial charge in [-0.05, 0) is 59.3 Å². The van der Waals surface area contributed by atoms with Crippen molar-refractivity contribution >= 4 is 92.6 Å². The largest absolute Gasteiger partial charge is 0.281 e. The van der Waals surface area contributed by atoms with E-state index in [2.05, 4.69) is 129 Å². The zero-order valence-electron chi connectivity index (χ0n) is 27.9. The molecular formula is C41H29Br2FN6O. The quantitative estimate of drug-likeness (QED) is 0.137. The van der Waals surface area contributed by atoms with Crippen molar-refractivity contribution in [3.63, 3.8) is 0 Å². The SMILES string of the molecule is Brc1ccc(-c2nnc3c4ccccc4c4ccccc4n23)cc1.O=C(NNc1nc2ccccc2c2ccccc12)c1ccc(Br)cc1.[2H]CF. The van der Waals surface area contributed by atoms with Gasteiger partial charge in [0.2, 0.25) is 0 Å². The van der Waals surface area contributed by atoms with Crippen molar-refractivity contribution in [1.82, 2.24) is 25.0 Å². The van der Waals surface area contributed by atoms with E-state index in [1.807, 2.05) is 66.7 Å². The molecule has 0 saturated carbocycles. The number of para-hydroxylation sites is 2. The Kier molecular flexibility index (Phi) is 9.58. The van der Waals surface area contributed by atoms with Gasteiger partial charge >= 0.3 is 0 Å². The van der Waals surface area contributed by atoms with E-state index >= 15 is 0 Å². The van der Waals surface area contributed by atoms with Crippen molar-refractivity contribution in [2.24, 2.45) is 0 Å². The molecule has 0 bridgehead atoms. The summed E-state index contributed by atoms with van der Waals surface area (Å²) < 4.78 is 19.6. The van der Waals surface area contributed by atoms with Crippen LogP contribution in [0.4, 0.5) is 10.2 Å². The van der Waals surface area contributed by atoms with Gasteiger partial charge in [0.15, 0.2) is 17.3 Å². The number of hydrogen-bond acceptors (Lipinski definition) is 5. The minimum atomic E-state index is -1.00. The summed E-state index contributed by atoms with van der Waals surface area (Å²) in [6.07, 6.45) is 0. The number of nitrogens with one attached hydrogen (secondary N) is 2. The first kappa shape index (κ1) is 32.5. The number of hydrazine groups is 1. The Morgan fingerprint density at radius 2 is 1.18 bits per heavy atom. The van der Waals surface area contributed by atoms with Gasteiger partial charge in [-0.25, -0.2) is 4.98 Å². The number of nitrogens with zero attached hydrogens (tertiary/aromatic N) is 4. The number of halogens is 3. The maximum Gasteiger partial charge on any atom is 0.269 e. The van der Waals surface area contributed by atoms with Crippen LogP contribution < -0.4 is 10.9 Å². The number of aromatic nitrogens is 4. The van der Waals surface area contributed by atoms with Gasteiger partial charge in [0, 0.05) is 41.6 Å². The molecule has 9 rings (SSSR count). The average Bonchev–Trinajstić information content (AvgIpc) is 3.64. The highest BCUT2D eigenvalue weighted by Crippen LogP contribution is 2.32. The third-order valence-corrected chi connectivity index (χ3v) is 9.44. The fraction of sp³-hybridized carbons (Fsp3) is 0.0244. The molecule has 51 heavy (non-hydrogen) atoms. The van der Waals surface area contributed by atoms with Crippen LogP contribution in [-0.2, 0) is 0 Å². The molecule has 0 unspecified atom stereocenters. The second-order valence-corrected chi connectivity index (χ2v) is 13.2. The van der Waals surface area contributed by atoms with Gasteiger partial charge < -0.3 is 0 Å². The molecule has 0 fully saturated rings. The van der Waals surface area contributed by atoms with Crippen LogP contribution in [0.2, 0.25) is 0 Å². The molecule has 0 spiro atoms. The van der Waals surface area contributed by atoms with Gasteiger partial charge in [-0.3, -0.25) is 24.4 Å². The first-order valence-corrected chi connectivity index (χ1v) is 17.4. The monoisotopic (exact) mass is 799 g/mol. The number of carbonyl (C=O) groups excluding carboxylic acids is 1. The van der Waals surface area contributed by atoms with E-state index < -0.39 is 7.15 Å². The minimum Gasteiger partial charge on any atom is -0.281 e. The lowest BCUT2D eigenvalue weighted by Gasteiger charge is -2.12. The molecule has 9 aromatic rings. The van der Waals surface area contributed by atoms with Crippen LogP contribution in [-0.4, -0.2) is 32.6 Å². The molecule has 2 N–H and O–H groups in total. The third-order valence-electron chi connectivity index (χ3n) is 8.38. The molecule has 0 atom stereocenters. The van der Waals surface area contributed by atoms with E-state index in [0.29, 0.717) is 11.4 Å². The van der Waals surface area contributed by atoms with Gasteiger partial charge in [-0.15, -0.1) is 10.2 Å². The lowest BCUT2D eigenvalue weighted by Crippen LogP contribution is -2.29. The lowest BCUT2D eigenvalue weighted by molar-refractivity contribution is 0.0962. The predicted octanol–water partition coefficient (Wildman–Crippen LogP) is 11.0. The first-order valence-electron chi connectivity index (χ1n) is 16.5. The zero-order valence-corrected chi connectivity index (χ0v) is 30.1. The normalized spacial score (nSPS) is 11.1. The molecule has 3 aromatic heterocycles. The van der Waals surface area contributed by atoms with Crippen LogP contribution >= 0.6 is 31.9 Å². The first-order chi connectivity index (χ1) is 25.5. The maximum absolute atomic E-state index is 12.3. The number of alkyl halides is 1. The van der Waals surface area contributed by atoms with Gasteiger partial charge in [0.25, 0.3) is 5.91 Å². The molecule has 1 amide bonds. The number of pyridine rings is 2. The van der Waals surface area contributed by atoms with Gasteiger partial charge in [-0.2, -0.15) is 0 Å². The Morgan fingerprint density at radius 3 is 1.86 bits per heavy atom. The van der Waals surface area contributed by atoms with E-state index in [1.54, 1.807) is 12.1 Å². The second-order valence-electron chi connectivity index (χ2n) is 11.4. The standard InChI is InChI=1S/C20H14BrN3O.C20H12BrN3.CH3F/c21-14-11-9-13(10-12-14)20(25)24-23-19-17-7-2-1-5-15(17)16-6-3-4-8-18(16)22-19;21-14-11-9-13(10-12-14)19-22-23-20-17-7-2-1-5-15(17)16-6-3-4-8-18(16)24(19)20;1-2/h1-12H,(H,22,23)(H,24,25);1-12H;1H3/i;;1D. The molecule has 0 aliphatic heterocycles. The molecule has 250 valence electrons. The molecule has 0 aliphatic carbocycles. The maximum atomic E-state index is 12.3. The minimum absolute atomic E-state index is 0.216. The summed E-state index contributed by atoms with van der Waals surface area (Å²) in [6.45, 7) is 0. The van der Waals surface area contributed by atoms with Crippen LogP contribution in [0.1, 0.15) is 11.7 Å². The van der Waals surface area contributed by atoms with Crippen LogP contribution in [0.25, 0.3) is 60.4 Å². The zero-order chi connectivity index (χ0) is 36.0. The highest BCUT2D eigenvalue weighted by Gasteiger charge is 2.15. The molecule has 0 saturated heterocycles. The van der Waals surface area contributed by atoms with Gasteiger partial charge in [0.05, 0.1) is 19.6 Å². The van der Waals surface area contributed by atoms with Crippen LogP contribution in [0.5, 0.6) is 0 Å². The van der Waals surface area contributed by atoms with Crippen LogP contribution in [0.3, 0.4) is 0 Å². The molecular weight excluding hydrogens is 771 g/mol. The van der Waals surface area contributed by atoms with Crippen molar-refractivity contribution in [3.8, 4) is 11.4 Å². The molecule has 6 aromatic carbocycles. The lowest BCUT2D eigenvalue weighted by atomic mass is 10.1. The molecule has 10 heteroatoms. The summed E-state index contributed by atoms with van der Waals surface area (Å²) in [5.41, 5.74) is 10.2. The summed E-state index contributed by atoms with van der Waals surface area (Å²) in [4.78, 5) is 17.0. The van der Waals surface area contributed by atoms with E-state index in [0.717, 1.165) is 58.6 Å². The molecule has 3 heterocycles. The summed E-state index contributed by atoms with van der Waals surface area (Å²) >= 11 is 6.85. The molecule has 0 radical (unpaired) electrons. The number of fused-ring (bicyclic) bond motifs is 9. The van der Waals surface area contributed by atoms with Gasteiger partial charge in [0.1, 0.15) is 0 Å². The van der Waals surface area contributed by atoms with Crippen molar-refractivity contribution in [3.05, 3.63) is 160 Å². The summed E-state index contributed by atoms with van der Waals surface area (Å²) in [5.74, 6) is 1.27. The second kappa shape index (κ2) is 15.0. The Balaban J connectivity index is 0.000000151. The summed E-state index contributed by atoms with van der Waals surface area (Å²) in [7, 11) is -1.00. The highest BCUT2D eigenvalue weighted by atomic mass is 79.9. The van der Waals surface area contributed by atoms with E-state index in [1.165, 1.54) is 10.8 Å². The predicted molar refractivity (Wildman–Crippen MR) is 213 cm³/mol. The van der Waals surface area contributed by atoms with Crippen molar-refractivity contribution in [1.29, 1.82) is 0 Å².